The molecule has 0 aromatic carbocycles. The molecule has 0 aliphatic heterocycles. The van der Waals surface area contributed by atoms with E-state index in [0.29, 0.717) is 19.3 Å². The fourth-order valence-corrected chi connectivity index (χ4v) is 8.25. The van der Waals surface area contributed by atoms with Gasteiger partial charge in [-0.25, -0.2) is 0 Å². The van der Waals surface area contributed by atoms with Crippen LogP contribution >= 0.6 is 0 Å². The molecule has 6 nitrogen and oxygen atoms in total. The average molecular weight is 887 g/mol. The Morgan fingerprint density at radius 3 is 0.937 bits per heavy atom. The minimum absolute atomic E-state index is 0.0736. The second-order valence-corrected chi connectivity index (χ2v) is 18.9. The zero-order chi connectivity index (χ0) is 45.8. The van der Waals surface area contributed by atoms with E-state index in [1.54, 1.807) is 0 Å². The topological polar surface area (TPSA) is 78.9 Å². The quantitative estimate of drug-likeness (QED) is 0.0262. The molecule has 0 radical (unpaired) electrons. The largest absolute Gasteiger partial charge is 0.462 e. The maximum Gasteiger partial charge on any atom is 0.306 e. The number of esters is 3. The lowest BCUT2D eigenvalue weighted by atomic mass is 10.0. The van der Waals surface area contributed by atoms with Crippen LogP contribution in [0.25, 0.3) is 0 Å². The molecule has 1 atom stereocenters. The Hall–Kier alpha value is -2.11. The van der Waals surface area contributed by atoms with Crippen molar-refractivity contribution in [3.8, 4) is 0 Å². The number of hydrogen-bond acceptors (Lipinski definition) is 6. The van der Waals surface area contributed by atoms with Gasteiger partial charge in [-0.1, -0.05) is 263 Å². The van der Waals surface area contributed by atoms with Crippen LogP contribution in [0.3, 0.4) is 0 Å². The molecular weight excluding hydrogens is 781 g/mol. The molecular formula is C57H106O6. The Balaban J connectivity index is 3.95. The number of allylic oxidation sites excluding steroid dienone is 4. The first kappa shape index (κ1) is 60.9. The SMILES string of the molecule is CCC/C=C\C/C=C\CCCCCCCC(=O)OC(COC(=O)CCCCCCC)COC(=O)CCCCCCCCCCCCCCCCCCCCCCCCCCCCC. The molecule has 0 bridgehead atoms. The molecule has 0 heterocycles. The van der Waals surface area contributed by atoms with Gasteiger partial charge in [0, 0.05) is 19.3 Å². The Labute approximate surface area is 392 Å². The van der Waals surface area contributed by atoms with Crippen LogP contribution in [0, 0.1) is 0 Å². The van der Waals surface area contributed by atoms with E-state index in [4.69, 9.17) is 14.2 Å². The predicted molar refractivity (Wildman–Crippen MR) is 270 cm³/mol. The highest BCUT2D eigenvalue weighted by Gasteiger charge is 2.19. The zero-order valence-electron chi connectivity index (χ0n) is 42.4. The second-order valence-electron chi connectivity index (χ2n) is 18.9. The van der Waals surface area contributed by atoms with Gasteiger partial charge in [0.1, 0.15) is 13.2 Å². The van der Waals surface area contributed by atoms with Crippen molar-refractivity contribution in [2.24, 2.45) is 0 Å². The zero-order valence-corrected chi connectivity index (χ0v) is 42.4. The first-order valence-corrected chi connectivity index (χ1v) is 27.8. The van der Waals surface area contributed by atoms with E-state index in [0.717, 1.165) is 96.3 Å². The first-order valence-electron chi connectivity index (χ1n) is 27.8. The number of hydrogen-bond donors (Lipinski definition) is 0. The lowest BCUT2D eigenvalue weighted by Gasteiger charge is -2.18. The summed E-state index contributed by atoms with van der Waals surface area (Å²) < 4.78 is 16.7. The number of carbonyl (C=O) groups excluding carboxylic acids is 3. The summed E-state index contributed by atoms with van der Waals surface area (Å²) in [6, 6.07) is 0. The molecule has 0 saturated heterocycles. The molecule has 0 aliphatic rings. The van der Waals surface area contributed by atoms with E-state index >= 15 is 0 Å². The summed E-state index contributed by atoms with van der Waals surface area (Å²) >= 11 is 0. The fourth-order valence-electron chi connectivity index (χ4n) is 8.25. The van der Waals surface area contributed by atoms with Crippen molar-refractivity contribution in [3.05, 3.63) is 24.3 Å². The summed E-state index contributed by atoms with van der Waals surface area (Å²) in [4.78, 5) is 37.6. The van der Waals surface area contributed by atoms with Gasteiger partial charge in [0.25, 0.3) is 0 Å². The summed E-state index contributed by atoms with van der Waals surface area (Å²) in [6.07, 6.45) is 60.9. The third-order valence-corrected chi connectivity index (χ3v) is 12.4. The van der Waals surface area contributed by atoms with Gasteiger partial charge in [0.2, 0.25) is 0 Å². The van der Waals surface area contributed by atoms with Crippen LogP contribution in [0.1, 0.15) is 303 Å². The fraction of sp³-hybridized carbons (Fsp3) is 0.877. The average Bonchev–Trinajstić information content (AvgIpc) is 3.28. The van der Waals surface area contributed by atoms with Gasteiger partial charge in [-0.15, -0.1) is 0 Å². The highest BCUT2D eigenvalue weighted by atomic mass is 16.6. The van der Waals surface area contributed by atoms with E-state index in [-0.39, 0.29) is 31.1 Å². The number of rotatable bonds is 51. The van der Waals surface area contributed by atoms with Crippen LogP contribution in [0.4, 0.5) is 0 Å². The third kappa shape index (κ3) is 50.7. The molecule has 63 heavy (non-hydrogen) atoms. The van der Waals surface area contributed by atoms with Crippen LogP contribution in [-0.2, 0) is 28.6 Å². The van der Waals surface area contributed by atoms with E-state index < -0.39 is 6.10 Å². The smallest absolute Gasteiger partial charge is 0.306 e. The van der Waals surface area contributed by atoms with Crippen molar-refractivity contribution < 1.29 is 28.6 Å². The van der Waals surface area contributed by atoms with Crippen LogP contribution in [0.2, 0.25) is 0 Å². The number of carbonyl (C=O) groups is 3. The van der Waals surface area contributed by atoms with Crippen molar-refractivity contribution in [3.63, 3.8) is 0 Å². The Kier molecular flexibility index (Phi) is 50.8. The monoisotopic (exact) mass is 887 g/mol. The maximum absolute atomic E-state index is 12.7. The third-order valence-electron chi connectivity index (χ3n) is 12.4. The van der Waals surface area contributed by atoms with E-state index in [9.17, 15) is 14.4 Å². The van der Waals surface area contributed by atoms with Gasteiger partial charge in [-0.3, -0.25) is 14.4 Å². The lowest BCUT2D eigenvalue weighted by Crippen LogP contribution is -2.30. The minimum Gasteiger partial charge on any atom is -0.462 e. The van der Waals surface area contributed by atoms with Crippen molar-refractivity contribution >= 4 is 17.9 Å². The highest BCUT2D eigenvalue weighted by Crippen LogP contribution is 2.17. The molecule has 0 N–H and O–H groups in total. The van der Waals surface area contributed by atoms with Crippen molar-refractivity contribution in [1.29, 1.82) is 0 Å². The van der Waals surface area contributed by atoms with Crippen LogP contribution < -0.4 is 0 Å². The molecule has 1 unspecified atom stereocenters. The molecule has 0 rings (SSSR count). The molecule has 0 aromatic rings. The van der Waals surface area contributed by atoms with Gasteiger partial charge in [-0.2, -0.15) is 0 Å². The molecule has 0 fully saturated rings. The summed E-state index contributed by atoms with van der Waals surface area (Å²) in [5.41, 5.74) is 0. The van der Waals surface area contributed by atoms with Crippen LogP contribution in [0.5, 0.6) is 0 Å². The van der Waals surface area contributed by atoms with Crippen molar-refractivity contribution in [2.45, 2.75) is 309 Å². The molecule has 0 amide bonds. The summed E-state index contributed by atoms with van der Waals surface area (Å²) in [5, 5.41) is 0. The number of unbranched alkanes of at least 4 members (excludes halogenated alkanes) is 36. The normalized spacial score (nSPS) is 12.1. The Morgan fingerprint density at radius 1 is 0.317 bits per heavy atom. The van der Waals surface area contributed by atoms with Gasteiger partial charge >= 0.3 is 17.9 Å². The molecule has 6 heteroatoms. The summed E-state index contributed by atoms with van der Waals surface area (Å²) in [6.45, 7) is 6.51. The van der Waals surface area contributed by atoms with Gasteiger partial charge in [0.15, 0.2) is 6.10 Å². The van der Waals surface area contributed by atoms with Crippen LogP contribution in [0.15, 0.2) is 24.3 Å². The predicted octanol–water partition coefficient (Wildman–Crippen LogP) is 18.3. The minimum atomic E-state index is -0.770. The molecule has 0 spiro atoms. The van der Waals surface area contributed by atoms with Crippen molar-refractivity contribution in [1.82, 2.24) is 0 Å². The van der Waals surface area contributed by atoms with E-state index in [2.05, 4.69) is 45.1 Å². The first-order chi connectivity index (χ1) is 31.0. The van der Waals surface area contributed by atoms with Gasteiger partial charge in [0.05, 0.1) is 0 Å². The Bertz CT molecular complexity index is 1020. The van der Waals surface area contributed by atoms with Gasteiger partial charge < -0.3 is 14.2 Å². The highest BCUT2D eigenvalue weighted by molar-refractivity contribution is 5.71. The van der Waals surface area contributed by atoms with E-state index in [1.807, 2.05) is 0 Å². The number of ether oxygens (including phenoxy) is 3. The second kappa shape index (κ2) is 52.5. The molecule has 0 aliphatic carbocycles. The molecule has 0 saturated carbocycles. The standard InChI is InChI=1S/C57H106O6/c1-4-7-10-13-15-17-19-21-22-23-24-25-26-27-28-29-30-31-32-33-34-36-37-39-41-44-47-50-56(59)62-53-54(52-61-55(58)49-46-43-12-9-6-3)63-57(60)51-48-45-42-40-38-35-20-18-16-14-11-8-5-2/h11,14,18,20,54H,4-10,12-13,15-17,19,21-53H2,1-3H3/b14-11-,20-18-. The lowest BCUT2D eigenvalue weighted by molar-refractivity contribution is -0.167. The van der Waals surface area contributed by atoms with Gasteiger partial charge in [-0.05, 0) is 44.9 Å². The van der Waals surface area contributed by atoms with Crippen LogP contribution in [-0.4, -0.2) is 37.2 Å². The van der Waals surface area contributed by atoms with Crippen molar-refractivity contribution in [2.75, 3.05) is 13.2 Å². The molecule has 370 valence electrons. The summed E-state index contributed by atoms with van der Waals surface area (Å²) in [7, 11) is 0. The Morgan fingerprint density at radius 2 is 0.603 bits per heavy atom. The molecule has 0 aromatic heterocycles. The summed E-state index contributed by atoms with van der Waals surface area (Å²) in [5.74, 6) is -0.889. The van der Waals surface area contributed by atoms with E-state index in [1.165, 1.54) is 167 Å². The maximum atomic E-state index is 12.7.